The van der Waals surface area contributed by atoms with Gasteiger partial charge >= 0.3 is 0 Å². The lowest BCUT2D eigenvalue weighted by molar-refractivity contribution is -0.122. The lowest BCUT2D eigenvalue weighted by atomic mass is 10.00. The zero-order chi connectivity index (χ0) is 19.5. The minimum Gasteiger partial charge on any atom is -0.480 e. The zero-order valence-electron chi connectivity index (χ0n) is 16.3. The SMILES string of the molecule is CC1CC(NC(=O)c2cccc(NC(=O)C3Cc4ccccc4O3)c2)CCN1.Cl. The fourth-order valence-corrected chi connectivity index (χ4v) is 3.82. The molecule has 1 saturated heterocycles. The number of ether oxygens (including phenoxy) is 1. The van der Waals surface area contributed by atoms with Gasteiger partial charge in [0.15, 0.2) is 6.10 Å². The fourth-order valence-electron chi connectivity index (χ4n) is 3.82. The number of benzene rings is 2. The Hall–Kier alpha value is -2.57. The highest BCUT2D eigenvalue weighted by Crippen LogP contribution is 2.28. The van der Waals surface area contributed by atoms with Crippen molar-refractivity contribution in [3.8, 4) is 5.75 Å². The van der Waals surface area contributed by atoms with Crippen molar-refractivity contribution in [3.05, 3.63) is 59.7 Å². The summed E-state index contributed by atoms with van der Waals surface area (Å²) in [4.78, 5) is 25.2. The molecule has 2 heterocycles. The van der Waals surface area contributed by atoms with Gasteiger partial charge in [0, 0.05) is 29.8 Å². The van der Waals surface area contributed by atoms with E-state index in [4.69, 9.17) is 4.74 Å². The summed E-state index contributed by atoms with van der Waals surface area (Å²) in [5.74, 6) is 0.438. The zero-order valence-corrected chi connectivity index (χ0v) is 17.1. The first-order chi connectivity index (χ1) is 13.6. The van der Waals surface area contributed by atoms with Gasteiger partial charge in [-0.05, 0) is 56.1 Å². The normalized spacial score (nSPS) is 22.6. The van der Waals surface area contributed by atoms with Gasteiger partial charge in [0.2, 0.25) is 0 Å². The van der Waals surface area contributed by atoms with Crippen molar-refractivity contribution >= 4 is 29.9 Å². The smallest absolute Gasteiger partial charge is 0.265 e. The second-order valence-electron chi connectivity index (χ2n) is 7.54. The molecular weight excluding hydrogens is 390 g/mol. The molecule has 0 radical (unpaired) electrons. The van der Waals surface area contributed by atoms with Gasteiger partial charge in [-0.15, -0.1) is 12.4 Å². The van der Waals surface area contributed by atoms with Crippen LogP contribution in [0.2, 0.25) is 0 Å². The summed E-state index contributed by atoms with van der Waals surface area (Å²) in [6.07, 6.45) is 1.84. The number of hydrogen-bond acceptors (Lipinski definition) is 4. The van der Waals surface area contributed by atoms with E-state index in [2.05, 4.69) is 22.9 Å². The van der Waals surface area contributed by atoms with Crippen LogP contribution in [-0.2, 0) is 11.2 Å². The third kappa shape index (κ3) is 5.08. The van der Waals surface area contributed by atoms with Crippen LogP contribution in [0.5, 0.6) is 5.75 Å². The average Bonchev–Trinajstić information content (AvgIpc) is 3.13. The first-order valence-corrected chi connectivity index (χ1v) is 9.78. The Morgan fingerprint density at radius 3 is 2.76 bits per heavy atom. The number of carbonyl (C=O) groups is 2. The molecule has 7 heteroatoms. The van der Waals surface area contributed by atoms with Gasteiger partial charge in [-0.25, -0.2) is 0 Å². The topological polar surface area (TPSA) is 79.5 Å². The Morgan fingerprint density at radius 1 is 1.14 bits per heavy atom. The van der Waals surface area contributed by atoms with Crippen molar-refractivity contribution in [2.75, 3.05) is 11.9 Å². The number of hydrogen-bond donors (Lipinski definition) is 3. The molecule has 2 aromatic rings. The molecular formula is C22H26ClN3O3. The molecule has 154 valence electrons. The largest absolute Gasteiger partial charge is 0.480 e. The number of para-hydroxylation sites is 1. The molecule has 3 atom stereocenters. The van der Waals surface area contributed by atoms with Crippen LogP contribution in [0.4, 0.5) is 5.69 Å². The molecule has 4 rings (SSSR count). The van der Waals surface area contributed by atoms with Gasteiger partial charge in [0.25, 0.3) is 11.8 Å². The first kappa shape index (κ1) is 21.1. The number of piperidine rings is 1. The van der Waals surface area contributed by atoms with E-state index in [0.29, 0.717) is 23.7 Å². The minimum atomic E-state index is -0.550. The minimum absolute atomic E-state index is 0. The molecule has 29 heavy (non-hydrogen) atoms. The van der Waals surface area contributed by atoms with Gasteiger partial charge < -0.3 is 20.7 Å². The maximum atomic E-state index is 12.6. The van der Waals surface area contributed by atoms with Crippen molar-refractivity contribution in [1.82, 2.24) is 10.6 Å². The van der Waals surface area contributed by atoms with Crippen molar-refractivity contribution < 1.29 is 14.3 Å². The summed E-state index contributed by atoms with van der Waals surface area (Å²) in [5, 5.41) is 9.35. The lowest BCUT2D eigenvalue weighted by Gasteiger charge is -2.28. The molecule has 0 aliphatic carbocycles. The van der Waals surface area contributed by atoms with Crippen LogP contribution >= 0.6 is 12.4 Å². The molecule has 0 saturated carbocycles. The summed E-state index contributed by atoms with van der Waals surface area (Å²) in [5.41, 5.74) is 2.17. The Morgan fingerprint density at radius 2 is 1.97 bits per heavy atom. The molecule has 6 nitrogen and oxygen atoms in total. The van der Waals surface area contributed by atoms with Crippen LogP contribution in [0.15, 0.2) is 48.5 Å². The van der Waals surface area contributed by atoms with Gasteiger partial charge in [-0.1, -0.05) is 24.3 Å². The number of carbonyl (C=O) groups excluding carboxylic acids is 2. The van der Waals surface area contributed by atoms with Crippen molar-refractivity contribution in [2.45, 2.75) is 44.4 Å². The molecule has 0 bridgehead atoms. The quantitative estimate of drug-likeness (QED) is 0.717. The highest BCUT2D eigenvalue weighted by molar-refractivity contribution is 5.98. The average molecular weight is 416 g/mol. The molecule has 1 fully saturated rings. The third-order valence-electron chi connectivity index (χ3n) is 5.29. The number of nitrogens with one attached hydrogen (secondary N) is 3. The molecule has 3 unspecified atom stereocenters. The molecule has 2 amide bonds. The maximum absolute atomic E-state index is 12.6. The first-order valence-electron chi connectivity index (χ1n) is 9.78. The van der Waals surface area contributed by atoms with Crippen LogP contribution in [0.1, 0.15) is 35.7 Å². The second kappa shape index (κ2) is 9.29. The van der Waals surface area contributed by atoms with E-state index >= 15 is 0 Å². The Balaban J connectivity index is 0.00000240. The van der Waals surface area contributed by atoms with E-state index in [-0.39, 0.29) is 30.3 Å². The van der Waals surface area contributed by atoms with Crippen LogP contribution < -0.4 is 20.7 Å². The summed E-state index contributed by atoms with van der Waals surface area (Å²) in [7, 11) is 0. The standard InChI is InChI=1S/C22H25N3O3.ClH/c1-14-11-18(9-10-23-14)24-21(26)16-6-4-7-17(12-16)25-22(27)20-13-15-5-2-3-8-19(15)28-20;/h2-8,12,14,18,20,23H,9-11,13H2,1H3,(H,24,26)(H,25,27);1H. The fraction of sp³-hybridized carbons (Fsp3) is 0.364. The van der Waals surface area contributed by atoms with Crippen molar-refractivity contribution in [1.29, 1.82) is 0 Å². The van der Waals surface area contributed by atoms with Crippen molar-refractivity contribution in [3.63, 3.8) is 0 Å². The summed E-state index contributed by atoms with van der Waals surface area (Å²) < 4.78 is 5.73. The highest BCUT2D eigenvalue weighted by atomic mass is 35.5. The summed E-state index contributed by atoms with van der Waals surface area (Å²) in [6.45, 7) is 3.03. The number of amides is 2. The second-order valence-corrected chi connectivity index (χ2v) is 7.54. The maximum Gasteiger partial charge on any atom is 0.265 e. The molecule has 2 aliphatic heterocycles. The predicted octanol–water partition coefficient (Wildman–Crippen LogP) is 2.92. The third-order valence-corrected chi connectivity index (χ3v) is 5.29. The van der Waals surface area contributed by atoms with E-state index in [0.717, 1.165) is 30.7 Å². The van der Waals surface area contributed by atoms with Crippen LogP contribution in [0, 0.1) is 0 Å². The molecule has 0 aromatic heterocycles. The predicted molar refractivity (Wildman–Crippen MR) is 115 cm³/mol. The monoisotopic (exact) mass is 415 g/mol. The Bertz CT molecular complexity index is 864. The number of anilines is 1. The van der Waals surface area contributed by atoms with E-state index < -0.39 is 6.10 Å². The Kier molecular flexibility index (Phi) is 6.77. The molecule has 0 spiro atoms. The Labute approximate surface area is 176 Å². The molecule has 2 aliphatic rings. The molecule has 3 N–H and O–H groups in total. The summed E-state index contributed by atoms with van der Waals surface area (Å²) in [6, 6.07) is 15.3. The van der Waals surface area contributed by atoms with Crippen molar-refractivity contribution in [2.24, 2.45) is 0 Å². The highest BCUT2D eigenvalue weighted by Gasteiger charge is 2.29. The lowest BCUT2D eigenvalue weighted by Crippen LogP contribution is -2.46. The number of rotatable bonds is 4. The van der Waals surface area contributed by atoms with E-state index in [1.54, 1.807) is 24.3 Å². The van der Waals surface area contributed by atoms with Crippen LogP contribution in [0.25, 0.3) is 0 Å². The van der Waals surface area contributed by atoms with Crippen LogP contribution in [0.3, 0.4) is 0 Å². The number of halogens is 1. The van der Waals surface area contributed by atoms with E-state index in [1.807, 2.05) is 24.3 Å². The van der Waals surface area contributed by atoms with Gasteiger partial charge in [0.05, 0.1) is 0 Å². The van der Waals surface area contributed by atoms with Crippen LogP contribution in [-0.4, -0.2) is 36.5 Å². The molecule has 2 aromatic carbocycles. The van der Waals surface area contributed by atoms with Gasteiger partial charge in [-0.2, -0.15) is 0 Å². The van der Waals surface area contributed by atoms with E-state index in [1.165, 1.54) is 0 Å². The van der Waals surface area contributed by atoms with Gasteiger partial charge in [-0.3, -0.25) is 9.59 Å². The van der Waals surface area contributed by atoms with Gasteiger partial charge in [0.1, 0.15) is 5.75 Å². The summed E-state index contributed by atoms with van der Waals surface area (Å²) >= 11 is 0. The number of fused-ring (bicyclic) bond motifs is 1. The van der Waals surface area contributed by atoms with E-state index in [9.17, 15) is 9.59 Å².